The molecule has 32 heavy (non-hydrogen) atoms. The molecule has 148 valence electrons. The second kappa shape index (κ2) is 4.65. The Bertz CT molecular complexity index is 1880. The fraction of sp³-hybridized carbons (Fsp3) is 0.0741. The van der Waals surface area contributed by atoms with Crippen LogP contribution in [-0.2, 0) is 5.66 Å². The van der Waals surface area contributed by atoms with Crippen molar-refractivity contribution in [3.63, 3.8) is 0 Å². The molecule has 3 aliphatic rings. The van der Waals surface area contributed by atoms with Crippen molar-refractivity contribution in [3.8, 4) is 22.8 Å². The van der Waals surface area contributed by atoms with Gasteiger partial charge in [-0.25, -0.2) is 0 Å². The zero-order valence-corrected chi connectivity index (χ0v) is 17.2. The van der Waals surface area contributed by atoms with Crippen LogP contribution in [0.1, 0.15) is 16.8 Å². The Hall–Kier alpha value is -4.25. The standard InChI is InChI=1S/C27H16N4O/c1-15-14-30-26-23-16(18-13-28-11-10-20(18)31(15)26)8-9-22-25(23)27(30)24-17(5-4-7-21(24)32-22)19-6-2-3-12-29(19)27/h2-14H,1H3/q+2. The molecule has 5 heteroatoms. The number of fused-ring (bicyclic) bond motifs is 5. The van der Waals surface area contributed by atoms with E-state index in [0.717, 1.165) is 16.9 Å². The highest BCUT2D eigenvalue weighted by molar-refractivity contribution is 6.14. The molecule has 0 fully saturated rings. The predicted molar refractivity (Wildman–Crippen MR) is 119 cm³/mol. The Morgan fingerprint density at radius 1 is 0.906 bits per heavy atom. The molecule has 2 aromatic carbocycles. The SMILES string of the molecule is Cc1c[n+]2c3c4c5c(ccc4c4cnccc4n13)Oc1cccc3c1C52[n+]1ccccc1-3. The summed E-state index contributed by atoms with van der Waals surface area (Å²) in [7, 11) is 0. The van der Waals surface area contributed by atoms with Crippen molar-refractivity contribution in [1.82, 2.24) is 9.38 Å². The van der Waals surface area contributed by atoms with Gasteiger partial charge in [0, 0.05) is 48.3 Å². The molecule has 0 saturated heterocycles. The number of aromatic nitrogens is 4. The van der Waals surface area contributed by atoms with Crippen molar-refractivity contribution in [2.75, 3.05) is 0 Å². The van der Waals surface area contributed by atoms with Gasteiger partial charge in [-0.2, -0.15) is 8.97 Å². The van der Waals surface area contributed by atoms with Gasteiger partial charge in [-0.1, -0.05) is 6.07 Å². The van der Waals surface area contributed by atoms with Gasteiger partial charge >= 0.3 is 11.3 Å². The van der Waals surface area contributed by atoms with Crippen LogP contribution in [0.15, 0.2) is 79.4 Å². The monoisotopic (exact) mass is 412 g/mol. The minimum Gasteiger partial charge on any atom is -0.456 e. The maximum Gasteiger partial charge on any atom is 0.371 e. The Labute approximate surface area is 182 Å². The fourth-order valence-electron chi connectivity index (χ4n) is 6.60. The first kappa shape index (κ1) is 15.5. The van der Waals surface area contributed by atoms with Crippen molar-refractivity contribution in [2.24, 2.45) is 0 Å². The Balaban J connectivity index is 1.66. The number of pyridine rings is 3. The van der Waals surface area contributed by atoms with Crippen LogP contribution in [0.4, 0.5) is 0 Å². The maximum absolute atomic E-state index is 6.57. The molecule has 0 radical (unpaired) electrons. The molecule has 0 N–H and O–H groups in total. The van der Waals surface area contributed by atoms with Crippen molar-refractivity contribution >= 4 is 27.3 Å². The highest BCUT2D eigenvalue weighted by Gasteiger charge is 2.68. The molecule has 1 unspecified atom stereocenters. The smallest absolute Gasteiger partial charge is 0.371 e. The molecule has 3 aliphatic heterocycles. The average molecular weight is 412 g/mol. The molecular weight excluding hydrogens is 396 g/mol. The van der Waals surface area contributed by atoms with E-state index >= 15 is 0 Å². The maximum atomic E-state index is 6.57. The third kappa shape index (κ3) is 1.33. The van der Waals surface area contributed by atoms with E-state index in [2.05, 4.69) is 92.4 Å². The lowest BCUT2D eigenvalue weighted by Gasteiger charge is -2.27. The fourth-order valence-corrected chi connectivity index (χ4v) is 6.60. The van der Waals surface area contributed by atoms with Crippen molar-refractivity contribution in [3.05, 3.63) is 96.2 Å². The summed E-state index contributed by atoms with van der Waals surface area (Å²) in [6.45, 7) is 2.19. The number of ether oxygens (including phenoxy) is 1. The van der Waals surface area contributed by atoms with E-state index in [0.29, 0.717) is 0 Å². The first-order valence-electron chi connectivity index (χ1n) is 10.9. The molecule has 5 nitrogen and oxygen atoms in total. The molecule has 7 heterocycles. The highest BCUT2D eigenvalue weighted by atomic mass is 16.5. The number of hydrogen-bond acceptors (Lipinski definition) is 2. The second-order valence-corrected chi connectivity index (χ2v) is 8.96. The largest absolute Gasteiger partial charge is 0.456 e. The molecule has 9 rings (SSSR count). The lowest BCUT2D eigenvalue weighted by atomic mass is 9.86. The zero-order chi connectivity index (χ0) is 20.8. The van der Waals surface area contributed by atoms with Gasteiger partial charge in [-0.3, -0.25) is 4.98 Å². The van der Waals surface area contributed by atoms with Crippen LogP contribution >= 0.6 is 0 Å². The molecule has 6 aromatic rings. The molecule has 0 bridgehead atoms. The van der Waals surface area contributed by atoms with E-state index in [4.69, 9.17) is 4.74 Å². The van der Waals surface area contributed by atoms with E-state index in [1.165, 1.54) is 50.0 Å². The van der Waals surface area contributed by atoms with Crippen LogP contribution in [0, 0.1) is 6.92 Å². The first-order valence-corrected chi connectivity index (χ1v) is 10.9. The van der Waals surface area contributed by atoms with Crippen LogP contribution in [0.25, 0.3) is 38.6 Å². The quantitative estimate of drug-likeness (QED) is 0.276. The normalized spacial score (nSPS) is 18.5. The lowest BCUT2D eigenvalue weighted by molar-refractivity contribution is -0.950. The highest BCUT2D eigenvalue weighted by Crippen LogP contribution is 2.57. The van der Waals surface area contributed by atoms with Gasteiger partial charge in [0.15, 0.2) is 6.20 Å². The molecule has 4 aromatic heterocycles. The Kier molecular flexibility index (Phi) is 2.26. The van der Waals surface area contributed by atoms with E-state index < -0.39 is 5.66 Å². The number of benzene rings is 2. The first-order chi connectivity index (χ1) is 15.8. The zero-order valence-electron chi connectivity index (χ0n) is 17.2. The average Bonchev–Trinajstić information content (AvgIpc) is 3.44. The van der Waals surface area contributed by atoms with Gasteiger partial charge in [0.25, 0.3) is 0 Å². The summed E-state index contributed by atoms with van der Waals surface area (Å²) in [6, 6.07) is 19.3. The van der Waals surface area contributed by atoms with E-state index in [-0.39, 0.29) is 0 Å². The van der Waals surface area contributed by atoms with Crippen molar-refractivity contribution in [1.29, 1.82) is 0 Å². The van der Waals surface area contributed by atoms with Gasteiger partial charge in [0.05, 0.1) is 10.9 Å². The van der Waals surface area contributed by atoms with E-state index in [1.807, 2.05) is 12.4 Å². The van der Waals surface area contributed by atoms with Crippen LogP contribution < -0.4 is 13.9 Å². The molecule has 0 amide bonds. The van der Waals surface area contributed by atoms with Crippen LogP contribution in [-0.4, -0.2) is 9.38 Å². The summed E-state index contributed by atoms with van der Waals surface area (Å²) < 4.78 is 13.9. The third-order valence-corrected chi connectivity index (χ3v) is 7.60. The van der Waals surface area contributed by atoms with Gasteiger partial charge in [-0.05, 0) is 30.3 Å². The summed E-state index contributed by atoms with van der Waals surface area (Å²) in [5.41, 5.74) is 7.99. The van der Waals surface area contributed by atoms with E-state index in [1.54, 1.807) is 0 Å². The lowest BCUT2D eigenvalue weighted by Crippen LogP contribution is -2.71. The summed E-state index contributed by atoms with van der Waals surface area (Å²) in [6.07, 6.45) is 8.39. The minimum atomic E-state index is -0.498. The molecular formula is C27H16N4O+2. The van der Waals surface area contributed by atoms with Crippen LogP contribution in [0.5, 0.6) is 11.5 Å². The van der Waals surface area contributed by atoms with Crippen molar-refractivity contribution < 1.29 is 13.9 Å². The minimum absolute atomic E-state index is 0.498. The van der Waals surface area contributed by atoms with Crippen LogP contribution in [0.3, 0.4) is 0 Å². The summed E-state index contributed by atoms with van der Waals surface area (Å²) in [5.74, 6) is 1.86. The predicted octanol–water partition coefficient (Wildman–Crippen LogP) is 4.22. The van der Waals surface area contributed by atoms with E-state index in [9.17, 15) is 0 Å². The van der Waals surface area contributed by atoms with Gasteiger partial charge in [-0.15, -0.1) is 4.57 Å². The van der Waals surface area contributed by atoms with Crippen molar-refractivity contribution in [2.45, 2.75) is 12.6 Å². The van der Waals surface area contributed by atoms with Crippen LogP contribution in [0.2, 0.25) is 0 Å². The van der Waals surface area contributed by atoms with Gasteiger partial charge in [0.1, 0.15) is 40.0 Å². The summed E-state index contributed by atoms with van der Waals surface area (Å²) >= 11 is 0. The Morgan fingerprint density at radius 3 is 2.81 bits per heavy atom. The van der Waals surface area contributed by atoms with Gasteiger partial charge < -0.3 is 4.74 Å². The molecule has 1 spiro atoms. The number of aryl methyl sites for hydroxylation is 1. The molecule has 0 saturated carbocycles. The Morgan fingerprint density at radius 2 is 1.84 bits per heavy atom. The summed E-state index contributed by atoms with van der Waals surface area (Å²) in [4.78, 5) is 4.47. The van der Waals surface area contributed by atoms with Gasteiger partial charge in [0.2, 0.25) is 5.69 Å². The number of hydrogen-bond donors (Lipinski definition) is 0. The molecule has 0 aliphatic carbocycles. The number of nitrogens with zero attached hydrogens (tertiary/aromatic N) is 4. The molecule has 1 atom stereocenters. The second-order valence-electron chi connectivity index (χ2n) is 8.96. The third-order valence-electron chi connectivity index (χ3n) is 7.60. The number of imidazole rings is 1. The summed E-state index contributed by atoms with van der Waals surface area (Å²) in [5, 5.41) is 3.63. The topological polar surface area (TPSA) is 34.3 Å². The number of rotatable bonds is 0.